The van der Waals surface area contributed by atoms with Crippen molar-refractivity contribution in [3.05, 3.63) is 0 Å². The average molecular weight is 158 g/mol. The summed E-state index contributed by atoms with van der Waals surface area (Å²) in [4.78, 5) is 8.39. The lowest BCUT2D eigenvalue weighted by Crippen LogP contribution is -1.92. The van der Waals surface area contributed by atoms with Gasteiger partial charge in [0.05, 0.1) is 6.61 Å². The first-order valence-electron chi connectivity index (χ1n) is 2.30. The van der Waals surface area contributed by atoms with Crippen LogP contribution in [0.2, 0.25) is 0 Å². The van der Waals surface area contributed by atoms with Gasteiger partial charge in [0.1, 0.15) is 0 Å². The molecule has 0 amide bonds. The van der Waals surface area contributed by atoms with Gasteiger partial charge in [-0.3, -0.25) is 9.05 Å². The molecule has 0 radical (unpaired) electrons. The molecule has 0 aliphatic heterocycles. The highest BCUT2D eigenvalue weighted by Gasteiger charge is 2.18. The molecule has 0 saturated carbocycles. The number of hydrogen-bond acceptors (Lipinski definition) is 3. The van der Waals surface area contributed by atoms with Crippen molar-refractivity contribution in [2.24, 2.45) is 0 Å². The van der Waals surface area contributed by atoms with E-state index in [0.717, 1.165) is 0 Å². The van der Waals surface area contributed by atoms with Crippen LogP contribution in [0.5, 0.6) is 0 Å². The lowest BCUT2D eigenvalue weighted by atomic mass is 10.9. The van der Waals surface area contributed by atoms with E-state index in [2.05, 4.69) is 9.05 Å². The molecule has 9 heavy (non-hydrogen) atoms. The van der Waals surface area contributed by atoms with Gasteiger partial charge in [-0.05, 0) is 6.92 Å². The van der Waals surface area contributed by atoms with E-state index in [1.165, 1.54) is 6.92 Å². The fourth-order valence-corrected chi connectivity index (χ4v) is 0.786. The van der Waals surface area contributed by atoms with Crippen LogP contribution in [0.1, 0.15) is 6.92 Å². The third-order valence-electron chi connectivity index (χ3n) is 0.504. The summed E-state index contributed by atoms with van der Waals surface area (Å²) in [5.74, 6) is 0. The second-order valence-corrected chi connectivity index (χ2v) is 2.58. The molecule has 0 fully saturated rings. The van der Waals surface area contributed by atoms with Gasteiger partial charge in [0.2, 0.25) is 0 Å². The second-order valence-electron chi connectivity index (χ2n) is 1.12. The van der Waals surface area contributed by atoms with Crippen LogP contribution in [0.3, 0.4) is 0 Å². The van der Waals surface area contributed by atoms with Gasteiger partial charge in [-0.2, -0.15) is 0 Å². The van der Waals surface area contributed by atoms with E-state index in [1.54, 1.807) is 0 Å². The standard InChI is InChI=1S/C3H8FO4P/c1-2-7-9(5,6)8-3-4/h2-3H2,1H3,(H,5,6). The minimum Gasteiger partial charge on any atom is -0.302 e. The molecular formula is C3H8FO4P. The van der Waals surface area contributed by atoms with E-state index in [-0.39, 0.29) is 6.61 Å². The molecule has 0 aromatic rings. The quantitative estimate of drug-likeness (QED) is 0.621. The van der Waals surface area contributed by atoms with Gasteiger partial charge >= 0.3 is 7.82 Å². The fraction of sp³-hybridized carbons (Fsp3) is 1.00. The Kier molecular flexibility index (Phi) is 3.97. The summed E-state index contributed by atoms with van der Waals surface area (Å²) in [5.41, 5.74) is 0. The van der Waals surface area contributed by atoms with E-state index in [4.69, 9.17) is 4.89 Å². The molecule has 1 atom stereocenters. The number of phosphoric ester groups is 1. The zero-order chi connectivity index (χ0) is 7.33. The molecule has 1 N–H and O–H groups in total. The van der Waals surface area contributed by atoms with Gasteiger partial charge in [0.15, 0.2) is 6.86 Å². The Labute approximate surface area is 52.2 Å². The monoisotopic (exact) mass is 158 g/mol. The maximum Gasteiger partial charge on any atom is 0.474 e. The van der Waals surface area contributed by atoms with Crippen molar-refractivity contribution in [1.29, 1.82) is 0 Å². The van der Waals surface area contributed by atoms with Crippen LogP contribution in [0, 0.1) is 0 Å². The Morgan fingerprint density at radius 3 is 2.56 bits per heavy atom. The number of halogens is 1. The van der Waals surface area contributed by atoms with Gasteiger partial charge in [-0.1, -0.05) is 0 Å². The van der Waals surface area contributed by atoms with Crippen LogP contribution in [0.4, 0.5) is 4.39 Å². The largest absolute Gasteiger partial charge is 0.474 e. The van der Waals surface area contributed by atoms with E-state index in [9.17, 15) is 8.96 Å². The Balaban J connectivity index is 3.58. The van der Waals surface area contributed by atoms with Crippen molar-refractivity contribution < 1.29 is 22.9 Å². The molecule has 0 aromatic heterocycles. The minimum atomic E-state index is -4.07. The summed E-state index contributed by atoms with van der Waals surface area (Å²) >= 11 is 0. The summed E-state index contributed by atoms with van der Waals surface area (Å²) in [6, 6.07) is 0. The van der Waals surface area contributed by atoms with E-state index in [0.29, 0.717) is 0 Å². The fourth-order valence-electron chi connectivity index (χ4n) is 0.262. The van der Waals surface area contributed by atoms with Crippen molar-refractivity contribution >= 4 is 7.82 Å². The molecular weight excluding hydrogens is 150 g/mol. The van der Waals surface area contributed by atoms with Gasteiger partial charge in [0.25, 0.3) is 0 Å². The molecule has 0 bridgehead atoms. The van der Waals surface area contributed by atoms with Crippen LogP contribution in [-0.4, -0.2) is 18.4 Å². The molecule has 0 aliphatic rings. The topological polar surface area (TPSA) is 55.8 Å². The number of alkyl halides is 1. The predicted molar refractivity (Wildman–Crippen MR) is 28.5 cm³/mol. The first kappa shape index (κ1) is 9.04. The molecule has 0 rings (SSSR count). The number of hydrogen-bond donors (Lipinski definition) is 1. The molecule has 56 valence electrons. The Morgan fingerprint density at radius 1 is 1.67 bits per heavy atom. The van der Waals surface area contributed by atoms with Gasteiger partial charge in [-0.15, -0.1) is 0 Å². The van der Waals surface area contributed by atoms with Crippen LogP contribution >= 0.6 is 7.82 Å². The number of phosphoric acid groups is 1. The SMILES string of the molecule is CCOP(=O)(O)OCF. The lowest BCUT2D eigenvalue weighted by molar-refractivity contribution is 0.108. The van der Waals surface area contributed by atoms with Crippen molar-refractivity contribution in [2.75, 3.05) is 13.5 Å². The normalized spacial score (nSPS) is 17.2. The summed E-state index contributed by atoms with van der Waals surface area (Å²) in [5, 5.41) is 0. The average Bonchev–Trinajstić information content (AvgIpc) is 1.64. The predicted octanol–water partition coefficient (Wildman–Crippen LogP) is 1.07. The smallest absolute Gasteiger partial charge is 0.302 e. The van der Waals surface area contributed by atoms with E-state index < -0.39 is 14.7 Å². The van der Waals surface area contributed by atoms with Crippen LogP contribution < -0.4 is 0 Å². The summed E-state index contributed by atoms with van der Waals surface area (Å²) in [6.45, 7) is 0.214. The maximum absolute atomic E-state index is 11.2. The molecule has 4 nitrogen and oxygen atoms in total. The number of rotatable bonds is 4. The highest BCUT2D eigenvalue weighted by atomic mass is 31.2. The zero-order valence-electron chi connectivity index (χ0n) is 4.91. The van der Waals surface area contributed by atoms with Crippen LogP contribution in [0.15, 0.2) is 0 Å². The molecule has 0 aliphatic carbocycles. The van der Waals surface area contributed by atoms with E-state index >= 15 is 0 Å². The highest BCUT2D eigenvalue weighted by Crippen LogP contribution is 2.42. The van der Waals surface area contributed by atoms with Gasteiger partial charge in [0, 0.05) is 0 Å². The molecule has 6 heteroatoms. The zero-order valence-corrected chi connectivity index (χ0v) is 5.81. The molecule has 0 spiro atoms. The second kappa shape index (κ2) is 3.95. The Morgan fingerprint density at radius 2 is 2.22 bits per heavy atom. The van der Waals surface area contributed by atoms with Crippen molar-refractivity contribution in [1.82, 2.24) is 0 Å². The molecule has 0 aromatic carbocycles. The van der Waals surface area contributed by atoms with Crippen molar-refractivity contribution in [3.63, 3.8) is 0 Å². The third-order valence-corrected chi connectivity index (χ3v) is 1.51. The minimum absolute atomic E-state index is 0.0216. The first-order valence-corrected chi connectivity index (χ1v) is 3.79. The highest BCUT2D eigenvalue weighted by molar-refractivity contribution is 7.47. The molecule has 0 saturated heterocycles. The summed E-state index contributed by atoms with van der Waals surface area (Å²) < 4.78 is 29.3. The Hall–Kier alpha value is 0.0400. The maximum atomic E-state index is 11.2. The van der Waals surface area contributed by atoms with Crippen molar-refractivity contribution in [2.45, 2.75) is 6.92 Å². The van der Waals surface area contributed by atoms with Crippen LogP contribution in [-0.2, 0) is 13.6 Å². The molecule has 0 heterocycles. The summed E-state index contributed by atoms with van der Waals surface area (Å²) in [7, 11) is -4.07. The van der Waals surface area contributed by atoms with Crippen LogP contribution in [0.25, 0.3) is 0 Å². The van der Waals surface area contributed by atoms with Crippen molar-refractivity contribution in [3.8, 4) is 0 Å². The van der Waals surface area contributed by atoms with Gasteiger partial charge in [-0.25, -0.2) is 8.96 Å². The Bertz CT molecular complexity index is 106. The first-order chi connectivity index (χ1) is 4.12. The third kappa shape index (κ3) is 4.54. The molecule has 1 unspecified atom stereocenters. The van der Waals surface area contributed by atoms with Gasteiger partial charge < -0.3 is 4.89 Å². The summed E-state index contributed by atoms with van der Waals surface area (Å²) in [6.07, 6.45) is 0. The lowest BCUT2D eigenvalue weighted by Gasteiger charge is -2.06. The van der Waals surface area contributed by atoms with E-state index in [1.807, 2.05) is 0 Å².